The molecule has 0 aliphatic carbocycles. The number of benzene rings is 1. The maximum absolute atomic E-state index is 12.5. The Labute approximate surface area is 190 Å². The first-order chi connectivity index (χ1) is 15.5. The smallest absolute Gasteiger partial charge is 0.344 e. The molecule has 2 aromatic heterocycles. The molecule has 10 heteroatoms. The van der Waals surface area contributed by atoms with Gasteiger partial charge in [0.25, 0.3) is 0 Å². The Morgan fingerprint density at radius 2 is 2.12 bits per heavy atom. The summed E-state index contributed by atoms with van der Waals surface area (Å²) in [5.74, 6) is 0.0511. The first-order valence-corrected chi connectivity index (χ1v) is 11.7. The van der Waals surface area contributed by atoms with Gasteiger partial charge in [0.2, 0.25) is 5.91 Å². The van der Waals surface area contributed by atoms with E-state index in [9.17, 15) is 9.59 Å². The third-order valence-corrected chi connectivity index (χ3v) is 6.61. The Morgan fingerprint density at radius 3 is 2.88 bits per heavy atom. The van der Waals surface area contributed by atoms with Crippen LogP contribution in [-0.2, 0) is 29.2 Å². The number of amides is 1. The van der Waals surface area contributed by atoms with Gasteiger partial charge in [0.15, 0.2) is 5.16 Å². The summed E-state index contributed by atoms with van der Waals surface area (Å²) in [7, 11) is 0. The lowest BCUT2D eigenvalue weighted by molar-refractivity contribution is -0.118. The van der Waals surface area contributed by atoms with Crippen molar-refractivity contribution in [2.75, 3.05) is 12.4 Å². The summed E-state index contributed by atoms with van der Waals surface area (Å²) >= 11 is 1.24. The van der Waals surface area contributed by atoms with Crippen molar-refractivity contribution in [3.8, 4) is 0 Å². The molecule has 1 aliphatic rings. The number of carbonyl (C=O) groups is 1. The molecule has 1 aliphatic heterocycles. The Balaban J connectivity index is 1.32. The van der Waals surface area contributed by atoms with Crippen molar-refractivity contribution in [2.24, 2.45) is 0 Å². The molecule has 1 amide bonds. The fraction of sp³-hybridized carbons (Fsp3) is 0.455. The second kappa shape index (κ2) is 10.2. The largest absolute Gasteiger partial charge is 0.376 e. The van der Waals surface area contributed by atoms with Crippen molar-refractivity contribution in [2.45, 2.75) is 57.6 Å². The van der Waals surface area contributed by atoms with Crippen LogP contribution in [0.1, 0.15) is 35.4 Å². The first-order valence-electron chi connectivity index (χ1n) is 10.7. The number of carbonyl (C=O) groups excluding carboxylic acids is 1. The maximum atomic E-state index is 12.5. The molecule has 1 aromatic carbocycles. The highest BCUT2D eigenvalue weighted by Gasteiger charge is 2.20. The molecule has 0 spiro atoms. The molecular formula is C22H28N6O3S. The van der Waals surface area contributed by atoms with Gasteiger partial charge in [-0.2, -0.15) is 5.10 Å². The van der Waals surface area contributed by atoms with Gasteiger partial charge in [0.1, 0.15) is 0 Å². The van der Waals surface area contributed by atoms with Crippen molar-refractivity contribution >= 4 is 17.7 Å². The highest BCUT2D eigenvalue weighted by molar-refractivity contribution is 7.99. The van der Waals surface area contributed by atoms with E-state index in [-0.39, 0.29) is 23.5 Å². The number of hydrogen-bond acceptors (Lipinski definition) is 6. The van der Waals surface area contributed by atoms with E-state index in [1.54, 1.807) is 4.57 Å². The minimum atomic E-state index is -0.277. The highest BCUT2D eigenvalue weighted by Crippen LogP contribution is 2.18. The number of thioether (sulfide) groups is 1. The average Bonchev–Trinajstić information content (AvgIpc) is 3.49. The van der Waals surface area contributed by atoms with Gasteiger partial charge >= 0.3 is 5.69 Å². The van der Waals surface area contributed by atoms with E-state index in [4.69, 9.17) is 4.74 Å². The molecule has 0 bridgehead atoms. The number of aromatic amines is 1. The van der Waals surface area contributed by atoms with Gasteiger partial charge in [0.05, 0.1) is 30.6 Å². The lowest BCUT2D eigenvalue weighted by atomic mass is 10.2. The van der Waals surface area contributed by atoms with E-state index < -0.39 is 0 Å². The number of nitrogens with one attached hydrogen (secondary N) is 2. The van der Waals surface area contributed by atoms with Crippen LogP contribution in [0.4, 0.5) is 0 Å². The molecule has 3 aromatic rings. The Kier molecular flexibility index (Phi) is 7.11. The zero-order valence-electron chi connectivity index (χ0n) is 18.3. The van der Waals surface area contributed by atoms with Crippen molar-refractivity contribution in [1.29, 1.82) is 0 Å². The molecule has 9 nitrogen and oxygen atoms in total. The van der Waals surface area contributed by atoms with Gasteiger partial charge in [-0.3, -0.25) is 14.0 Å². The van der Waals surface area contributed by atoms with Crippen LogP contribution >= 0.6 is 11.8 Å². The van der Waals surface area contributed by atoms with E-state index in [1.807, 2.05) is 36.7 Å². The number of nitrogens with zero attached hydrogens (tertiary/aromatic N) is 4. The molecule has 0 radical (unpaired) electrons. The zero-order valence-corrected chi connectivity index (χ0v) is 19.2. The molecular weight excluding hydrogens is 428 g/mol. The maximum Gasteiger partial charge on any atom is 0.344 e. The summed E-state index contributed by atoms with van der Waals surface area (Å²) in [6.07, 6.45) is 1.96. The van der Waals surface area contributed by atoms with Gasteiger partial charge in [-0.25, -0.2) is 9.89 Å². The zero-order chi connectivity index (χ0) is 22.5. The summed E-state index contributed by atoms with van der Waals surface area (Å²) in [6.45, 7) is 6.26. The molecule has 4 rings (SSSR count). The fourth-order valence-electron chi connectivity index (χ4n) is 3.83. The molecule has 1 saturated heterocycles. The molecule has 2 N–H and O–H groups in total. The Hall–Kier alpha value is -2.85. The average molecular weight is 457 g/mol. The fourth-order valence-corrected chi connectivity index (χ4v) is 4.62. The normalized spacial score (nSPS) is 15.9. The molecule has 170 valence electrons. The first kappa shape index (κ1) is 22.3. The van der Waals surface area contributed by atoms with Crippen molar-refractivity contribution in [3.63, 3.8) is 0 Å². The van der Waals surface area contributed by atoms with Crippen LogP contribution in [0.5, 0.6) is 0 Å². The number of ether oxygens (including phenoxy) is 1. The molecule has 1 atom stereocenters. The number of rotatable bonds is 9. The number of hydrogen-bond donors (Lipinski definition) is 2. The predicted molar refractivity (Wildman–Crippen MR) is 122 cm³/mol. The molecule has 0 saturated carbocycles. The van der Waals surface area contributed by atoms with Gasteiger partial charge in [-0.1, -0.05) is 42.1 Å². The van der Waals surface area contributed by atoms with E-state index >= 15 is 0 Å². The van der Waals surface area contributed by atoms with Crippen LogP contribution in [0.3, 0.4) is 0 Å². The number of aryl methyl sites for hydroxylation is 1. The van der Waals surface area contributed by atoms with Crippen LogP contribution in [0.15, 0.2) is 40.3 Å². The minimum Gasteiger partial charge on any atom is -0.376 e. The van der Waals surface area contributed by atoms with Crippen LogP contribution in [0, 0.1) is 13.8 Å². The number of aromatic nitrogens is 5. The SMILES string of the molecule is Cc1nn(Cc2ccccc2)c(C)c1CNC(=O)CSc1n[nH]c(=O)n1CC1CCCO1. The lowest BCUT2D eigenvalue weighted by Crippen LogP contribution is -2.27. The van der Waals surface area contributed by atoms with E-state index in [0.717, 1.165) is 36.4 Å². The van der Waals surface area contributed by atoms with Gasteiger partial charge in [0, 0.05) is 24.4 Å². The molecule has 1 fully saturated rings. The van der Waals surface area contributed by atoms with Crippen molar-refractivity contribution < 1.29 is 9.53 Å². The van der Waals surface area contributed by atoms with Crippen LogP contribution in [0.25, 0.3) is 0 Å². The quantitative estimate of drug-likeness (QED) is 0.477. The Morgan fingerprint density at radius 1 is 1.31 bits per heavy atom. The van der Waals surface area contributed by atoms with Crippen LogP contribution < -0.4 is 11.0 Å². The minimum absolute atomic E-state index is 0.0249. The van der Waals surface area contributed by atoms with Crippen molar-refractivity contribution in [1.82, 2.24) is 29.9 Å². The highest BCUT2D eigenvalue weighted by atomic mass is 32.2. The summed E-state index contributed by atoms with van der Waals surface area (Å²) in [6, 6.07) is 10.2. The summed E-state index contributed by atoms with van der Waals surface area (Å²) in [4.78, 5) is 24.5. The second-order valence-electron chi connectivity index (χ2n) is 7.91. The van der Waals surface area contributed by atoms with Gasteiger partial charge in [-0.15, -0.1) is 5.10 Å². The summed E-state index contributed by atoms with van der Waals surface area (Å²) in [5, 5.41) is 14.6. The van der Waals surface area contributed by atoms with Gasteiger partial charge in [-0.05, 0) is 32.3 Å². The van der Waals surface area contributed by atoms with Gasteiger partial charge < -0.3 is 10.1 Å². The van der Waals surface area contributed by atoms with E-state index in [1.165, 1.54) is 17.3 Å². The van der Waals surface area contributed by atoms with Crippen LogP contribution in [0.2, 0.25) is 0 Å². The second-order valence-corrected chi connectivity index (χ2v) is 8.86. The third-order valence-electron chi connectivity index (χ3n) is 5.63. The topological polar surface area (TPSA) is 107 Å². The standard InChI is InChI=1S/C22H28N6O3S/c1-15-19(16(2)28(26-15)12-17-7-4-3-5-8-17)11-23-20(29)14-32-22-25-24-21(30)27(22)13-18-9-6-10-31-18/h3-5,7-8,18H,6,9-14H2,1-2H3,(H,23,29)(H,24,30). The van der Waals surface area contributed by atoms with E-state index in [2.05, 4.69) is 32.7 Å². The summed E-state index contributed by atoms with van der Waals surface area (Å²) in [5.41, 5.74) is 3.87. The molecule has 32 heavy (non-hydrogen) atoms. The summed E-state index contributed by atoms with van der Waals surface area (Å²) < 4.78 is 9.13. The van der Waals surface area contributed by atoms with Crippen molar-refractivity contribution in [3.05, 3.63) is 63.3 Å². The Bertz CT molecular complexity index is 1110. The molecule has 1 unspecified atom stereocenters. The van der Waals surface area contributed by atoms with Crippen LogP contribution in [-0.4, -0.2) is 48.9 Å². The monoisotopic (exact) mass is 456 g/mol. The number of H-pyrrole nitrogens is 1. The molecule has 3 heterocycles. The third kappa shape index (κ3) is 5.31. The predicted octanol–water partition coefficient (Wildman–Crippen LogP) is 2.02. The lowest BCUT2D eigenvalue weighted by Gasteiger charge is -2.11. The van der Waals surface area contributed by atoms with E-state index in [0.29, 0.717) is 24.8 Å².